The summed E-state index contributed by atoms with van der Waals surface area (Å²) in [6.07, 6.45) is 11.0. The van der Waals surface area contributed by atoms with E-state index < -0.39 is 0 Å². The molecule has 0 saturated heterocycles. The molecular weight excluding hydrogens is 420 g/mol. The number of carbonyl (C=O) groups excluding carboxylic acids is 1. The number of nitrogens with zero attached hydrogens (tertiary/aromatic N) is 5. The van der Waals surface area contributed by atoms with Gasteiger partial charge in [0.1, 0.15) is 5.75 Å². The van der Waals surface area contributed by atoms with Gasteiger partial charge in [-0.2, -0.15) is 0 Å². The molecular formula is C24H32N6O3. The lowest BCUT2D eigenvalue weighted by atomic mass is 10.1. The minimum Gasteiger partial charge on any atom is -0.494 e. The molecule has 0 fully saturated rings. The number of methoxy groups -OCH3 is 1. The van der Waals surface area contributed by atoms with Crippen molar-refractivity contribution < 1.29 is 14.3 Å². The first-order chi connectivity index (χ1) is 16.0. The van der Waals surface area contributed by atoms with Gasteiger partial charge < -0.3 is 24.1 Å². The van der Waals surface area contributed by atoms with Crippen LogP contribution in [0.2, 0.25) is 0 Å². The van der Waals surface area contributed by atoms with Gasteiger partial charge in [0.05, 0.1) is 37.3 Å². The molecule has 0 aliphatic carbocycles. The summed E-state index contributed by atoms with van der Waals surface area (Å²) >= 11 is 0. The number of pyridine rings is 1. The minimum absolute atomic E-state index is 0.0791. The van der Waals surface area contributed by atoms with Crippen LogP contribution in [0.25, 0.3) is 16.9 Å². The van der Waals surface area contributed by atoms with E-state index in [4.69, 9.17) is 14.5 Å². The quantitative estimate of drug-likeness (QED) is 0.625. The van der Waals surface area contributed by atoms with Gasteiger partial charge in [-0.1, -0.05) is 6.42 Å². The number of imidazole rings is 1. The Labute approximate surface area is 194 Å². The lowest BCUT2D eigenvalue weighted by molar-refractivity contribution is 0.177. The zero-order valence-corrected chi connectivity index (χ0v) is 19.7. The van der Waals surface area contributed by atoms with Crippen LogP contribution in [0, 0.1) is 0 Å². The summed E-state index contributed by atoms with van der Waals surface area (Å²) in [5.41, 5.74) is 2.91. The summed E-state index contributed by atoms with van der Waals surface area (Å²) in [4.78, 5) is 28.6. The summed E-state index contributed by atoms with van der Waals surface area (Å²) in [6, 6.07) is 1.73. The fourth-order valence-corrected chi connectivity index (χ4v) is 4.20. The Morgan fingerprint density at radius 3 is 2.88 bits per heavy atom. The third kappa shape index (κ3) is 4.86. The molecule has 4 rings (SSSR count). The van der Waals surface area contributed by atoms with Crippen LogP contribution in [-0.2, 0) is 0 Å². The number of hydrogen-bond donors (Lipinski definition) is 1. The highest BCUT2D eigenvalue weighted by atomic mass is 16.5. The van der Waals surface area contributed by atoms with Gasteiger partial charge in [0, 0.05) is 36.7 Å². The second-order valence-electron chi connectivity index (χ2n) is 8.41. The monoisotopic (exact) mass is 452 g/mol. The van der Waals surface area contributed by atoms with Gasteiger partial charge in [0.15, 0.2) is 0 Å². The predicted octanol–water partition coefficient (Wildman–Crippen LogP) is 4.23. The van der Waals surface area contributed by atoms with E-state index in [1.165, 1.54) is 0 Å². The molecule has 2 amide bonds. The molecule has 3 aromatic rings. The van der Waals surface area contributed by atoms with Crippen molar-refractivity contribution in [1.29, 1.82) is 0 Å². The van der Waals surface area contributed by atoms with Crippen molar-refractivity contribution in [3.8, 4) is 22.9 Å². The summed E-state index contributed by atoms with van der Waals surface area (Å²) in [6.45, 7) is 7.14. The molecule has 9 heteroatoms. The lowest BCUT2D eigenvalue weighted by Crippen LogP contribution is -2.45. The maximum Gasteiger partial charge on any atom is 0.318 e. The number of ether oxygens (including phenoxy) is 2. The number of aromatic nitrogens is 4. The molecule has 9 nitrogen and oxygen atoms in total. The third-order valence-corrected chi connectivity index (χ3v) is 6.11. The smallest absolute Gasteiger partial charge is 0.318 e. The highest BCUT2D eigenvalue weighted by Crippen LogP contribution is 2.33. The third-order valence-electron chi connectivity index (χ3n) is 6.11. The first-order valence-electron chi connectivity index (χ1n) is 11.6. The van der Waals surface area contributed by atoms with Crippen LogP contribution in [0.1, 0.15) is 58.2 Å². The summed E-state index contributed by atoms with van der Waals surface area (Å²) in [5.74, 6) is 1.10. The summed E-state index contributed by atoms with van der Waals surface area (Å²) in [5, 5.41) is 3.14. The molecule has 176 valence electrons. The molecule has 0 radical (unpaired) electrons. The number of fused-ring (bicyclic) bond motifs is 7. The molecule has 2 atom stereocenters. The van der Waals surface area contributed by atoms with E-state index in [-0.39, 0.29) is 18.1 Å². The Hall–Kier alpha value is -3.36. The van der Waals surface area contributed by atoms with Crippen molar-refractivity contribution in [3.63, 3.8) is 0 Å². The zero-order chi connectivity index (χ0) is 23.4. The van der Waals surface area contributed by atoms with Crippen LogP contribution >= 0.6 is 0 Å². The van der Waals surface area contributed by atoms with Crippen molar-refractivity contribution in [2.75, 3.05) is 20.3 Å². The Morgan fingerprint density at radius 2 is 2.09 bits per heavy atom. The topological polar surface area (TPSA) is 93.9 Å². The van der Waals surface area contributed by atoms with Crippen molar-refractivity contribution in [1.82, 2.24) is 29.6 Å². The zero-order valence-electron chi connectivity index (χ0n) is 19.7. The molecule has 0 spiro atoms. The normalized spacial score (nSPS) is 20.1. The number of carbonyl (C=O) groups is 1. The average Bonchev–Trinajstić information content (AvgIpc) is 3.29. The second-order valence-corrected chi connectivity index (χ2v) is 8.41. The van der Waals surface area contributed by atoms with Gasteiger partial charge in [-0.3, -0.25) is 4.98 Å². The number of amides is 2. The van der Waals surface area contributed by atoms with E-state index in [0.717, 1.165) is 36.9 Å². The number of urea groups is 1. The van der Waals surface area contributed by atoms with Gasteiger partial charge in [-0.25, -0.2) is 14.8 Å². The van der Waals surface area contributed by atoms with Crippen molar-refractivity contribution in [2.24, 2.45) is 0 Å². The van der Waals surface area contributed by atoms with Crippen molar-refractivity contribution in [2.45, 2.75) is 58.5 Å². The van der Waals surface area contributed by atoms with E-state index in [2.05, 4.69) is 22.2 Å². The molecule has 0 aromatic carbocycles. The molecule has 1 aliphatic heterocycles. The minimum atomic E-state index is -0.227. The van der Waals surface area contributed by atoms with Gasteiger partial charge >= 0.3 is 6.03 Å². The van der Waals surface area contributed by atoms with Crippen molar-refractivity contribution >= 4 is 11.7 Å². The van der Waals surface area contributed by atoms with E-state index >= 15 is 0 Å². The highest BCUT2D eigenvalue weighted by molar-refractivity contribution is 5.75. The van der Waals surface area contributed by atoms with E-state index in [1.807, 2.05) is 36.7 Å². The van der Waals surface area contributed by atoms with E-state index in [1.54, 1.807) is 24.4 Å². The fourth-order valence-electron chi connectivity index (χ4n) is 4.20. The van der Waals surface area contributed by atoms with Crippen molar-refractivity contribution in [3.05, 3.63) is 36.5 Å². The number of nitrogens with one attached hydrogen (secondary N) is 1. The van der Waals surface area contributed by atoms with Crippen LogP contribution in [0.5, 0.6) is 11.6 Å². The largest absolute Gasteiger partial charge is 0.494 e. The summed E-state index contributed by atoms with van der Waals surface area (Å²) in [7, 11) is 1.61. The van der Waals surface area contributed by atoms with Crippen LogP contribution < -0.4 is 14.8 Å². The molecule has 4 heterocycles. The molecule has 4 bridgehead atoms. The summed E-state index contributed by atoms with van der Waals surface area (Å²) < 4.78 is 13.6. The Bertz CT molecular complexity index is 1110. The van der Waals surface area contributed by atoms with Gasteiger partial charge in [-0.05, 0) is 46.1 Å². The predicted molar refractivity (Wildman–Crippen MR) is 126 cm³/mol. The van der Waals surface area contributed by atoms with Crippen LogP contribution in [0.4, 0.5) is 4.79 Å². The molecule has 1 unspecified atom stereocenters. The Kier molecular flexibility index (Phi) is 6.96. The Balaban J connectivity index is 1.81. The second kappa shape index (κ2) is 10.1. The molecule has 33 heavy (non-hydrogen) atoms. The molecule has 3 aromatic heterocycles. The molecule has 1 aliphatic rings. The molecule has 1 N–H and O–H groups in total. The first kappa shape index (κ1) is 22.8. The maximum atomic E-state index is 13.0. The van der Waals surface area contributed by atoms with Gasteiger partial charge in [-0.15, -0.1) is 0 Å². The first-order valence-corrected chi connectivity index (χ1v) is 11.6. The van der Waals surface area contributed by atoms with Gasteiger partial charge in [0.25, 0.3) is 5.88 Å². The van der Waals surface area contributed by atoms with Gasteiger partial charge in [0.2, 0.25) is 5.65 Å². The van der Waals surface area contributed by atoms with E-state index in [9.17, 15) is 4.79 Å². The van der Waals surface area contributed by atoms with E-state index in [0.29, 0.717) is 36.1 Å². The number of rotatable bonds is 2. The standard InChI is InChI=1S/C24H32N6O3/c1-5-30-17(3)19-13-18(21(32-4)14-26-19)20-15-29-11-10-25-22(29)23(28-20)33-12-8-6-7-9-16(2)27-24(30)31/h10-11,13-17H,5-9,12H2,1-4H3,(H,27,31)/t16?,17-/m1/s1. The van der Waals surface area contributed by atoms with Crippen LogP contribution in [0.3, 0.4) is 0 Å². The van der Waals surface area contributed by atoms with Crippen LogP contribution in [-0.4, -0.2) is 56.6 Å². The number of hydrogen-bond acceptors (Lipinski definition) is 6. The SMILES string of the molecule is CCN1C(=O)NC(C)CCCCCOc2nc(cn3ccnc23)-c2cc(ncc2OC)[C@H]1C. The average molecular weight is 453 g/mol. The lowest BCUT2D eigenvalue weighted by Gasteiger charge is -2.29. The molecule has 0 saturated carbocycles. The maximum absolute atomic E-state index is 13.0. The highest BCUT2D eigenvalue weighted by Gasteiger charge is 2.24. The fraction of sp³-hybridized carbons (Fsp3) is 0.500. The van der Waals surface area contributed by atoms with Crippen LogP contribution in [0.15, 0.2) is 30.9 Å². The Morgan fingerprint density at radius 1 is 1.24 bits per heavy atom.